The van der Waals surface area contributed by atoms with Gasteiger partial charge < -0.3 is 20.4 Å². The van der Waals surface area contributed by atoms with E-state index < -0.39 is 6.09 Å². The van der Waals surface area contributed by atoms with Gasteiger partial charge in [0.05, 0.1) is 11.9 Å². The lowest BCUT2D eigenvalue weighted by Gasteiger charge is -2.12. The lowest BCUT2D eigenvalue weighted by atomic mass is 10.4. The molecule has 0 saturated heterocycles. The molecular formula is C12H21N3O3. The van der Waals surface area contributed by atoms with E-state index in [0.29, 0.717) is 13.1 Å². The number of rotatable bonds is 4. The maximum absolute atomic E-state index is 10.1. The quantitative estimate of drug-likeness (QED) is 0.768. The Bertz CT molecular complexity index is 354. The standard InChI is InChI=1S/C7H10N2O.C5H11NO2/c1-2-9-6-3-4-8-5-7(6)10;1-3-6(4-2)5(7)8/h3-5,10H,2H2,1H3,(H,8,9);3-4H2,1-2H3,(H,7,8). The predicted molar refractivity (Wildman–Crippen MR) is 71.0 cm³/mol. The van der Waals surface area contributed by atoms with Crippen molar-refractivity contribution in [1.82, 2.24) is 9.88 Å². The van der Waals surface area contributed by atoms with Crippen molar-refractivity contribution in [3.63, 3.8) is 0 Å². The third-order valence-electron chi connectivity index (χ3n) is 2.20. The Hall–Kier alpha value is -1.98. The molecule has 1 amide bonds. The first-order valence-corrected chi connectivity index (χ1v) is 5.91. The molecule has 0 fully saturated rings. The first kappa shape index (κ1) is 16.0. The van der Waals surface area contributed by atoms with Crippen LogP contribution in [0.4, 0.5) is 10.5 Å². The van der Waals surface area contributed by atoms with Crippen molar-refractivity contribution in [1.29, 1.82) is 0 Å². The molecule has 3 N–H and O–H groups in total. The highest BCUT2D eigenvalue weighted by Crippen LogP contribution is 2.19. The van der Waals surface area contributed by atoms with Crippen LogP contribution in [0.15, 0.2) is 18.5 Å². The Labute approximate surface area is 107 Å². The van der Waals surface area contributed by atoms with Crippen LogP contribution in [0.5, 0.6) is 5.75 Å². The zero-order valence-electron chi connectivity index (χ0n) is 11.1. The van der Waals surface area contributed by atoms with Crippen molar-refractivity contribution in [2.75, 3.05) is 25.0 Å². The minimum absolute atomic E-state index is 0.198. The second-order valence-electron chi connectivity index (χ2n) is 3.38. The first-order valence-electron chi connectivity index (χ1n) is 5.91. The van der Waals surface area contributed by atoms with Gasteiger partial charge in [0.1, 0.15) is 0 Å². The Balaban J connectivity index is 0.000000331. The van der Waals surface area contributed by atoms with Gasteiger partial charge in [0.25, 0.3) is 0 Å². The fourth-order valence-corrected chi connectivity index (χ4v) is 1.22. The lowest BCUT2D eigenvalue weighted by molar-refractivity contribution is 0.150. The molecule has 0 atom stereocenters. The minimum Gasteiger partial charge on any atom is -0.504 e. The topological polar surface area (TPSA) is 85.7 Å². The van der Waals surface area contributed by atoms with E-state index in [-0.39, 0.29) is 5.75 Å². The minimum atomic E-state index is -0.838. The van der Waals surface area contributed by atoms with Gasteiger partial charge in [0.15, 0.2) is 5.75 Å². The number of aromatic nitrogens is 1. The maximum atomic E-state index is 10.1. The van der Waals surface area contributed by atoms with Crippen molar-refractivity contribution < 1.29 is 15.0 Å². The van der Waals surface area contributed by atoms with Crippen LogP contribution in [0.3, 0.4) is 0 Å². The molecule has 102 valence electrons. The molecule has 0 aliphatic heterocycles. The third-order valence-corrected chi connectivity index (χ3v) is 2.20. The van der Waals surface area contributed by atoms with Gasteiger partial charge in [-0.1, -0.05) is 0 Å². The summed E-state index contributed by atoms with van der Waals surface area (Å²) < 4.78 is 0. The SMILES string of the molecule is CCN(CC)C(=O)O.CCNc1ccncc1O. The second kappa shape index (κ2) is 9.09. The summed E-state index contributed by atoms with van der Waals surface area (Å²) in [5.74, 6) is 0.198. The van der Waals surface area contributed by atoms with Crippen LogP contribution in [-0.4, -0.2) is 45.8 Å². The van der Waals surface area contributed by atoms with Crippen molar-refractivity contribution in [2.24, 2.45) is 0 Å². The van der Waals surface area contributed by atoms with Crippen molar-refractivity contribution in [2.45, 2.75) is 20.8 Å². The molecule has 1 rings (SSSR count). The monoisotopic (exact) mass is 255 g/mol. The van der Waals surface area contributed by atoms with Crippen LogP contribution in [0.1, 0.15) is 20.8 Å². The zero-order valence-corrected chi connectivity index (χ0v) is 11.1. The molecular weight excluding hydrogens is 234 g/mol. The van der Waals surface area contributed by atoms with Crippen LogP contribution in [-0.2, 0) is 0 Å². The van der Waals surface area contributed by atoms with Crippen molar-refractivity contribution >= 4 is 11.8 Å². The van der Waals surface area contributed by atoms with E-state index in [0.717, 1.165) is 12.2 Å². The molecule has 1 heterocycles. The number of carboxylic acid groups (broad SMARTS) is 1. The van der Waals surface area contributed by atoms with E-state index >= 15 is 0 Å². The maximum Gasteiger partial charge on any atom is 0.407 e. The Morgan fingerprint density at radius 2 is 2.00 bits per heavy atom. The van der Waals surface area contributed by atoms with Crippen LogP contribution in [0, 0.1) is 0 Å². The largest absolute Gasteiger partial charge is 0.504 e. The fourth-order valence-electron chi connectivity index (χ4n) is 1.22. The fraction of sp³-hybridized carbons (Fsp3) is 0.500. The van der Waals surface area contributed by atoms with Crippen LogP contribution < -0.4 is 5.32 Å². The van der Waals surface area contributed by atoms with Gasteiger partial charge >= 0.3 is 6.09 Å². The number of anilines is 1. The van der Waals surface area contributed by atoms with Crippen LogP contribution in [0.25, 0.3) is 0 Å². The molecule has 18 heavy (non-hydrogen) atoms. The summed E-state index contributed by atoms with van der Waals surface area (Å²) in [4.78, 5) is 15.2. The lowest BCUT2D eigenvalue weighted by Crippen LogP contribution is -2.28. The molecule has 0 aromatic carbocycles. The summed E-state index contributed by atoms with van der Waals surface area (Å²) >= 11 is 0. The molecule has 0 spiro atoms. The number of nitrogens with zero attached hydrogens (tertiary/aromatic N) is 2. The van der Waals surface area contributed by atoms with E-state index in [2.05, 4.69) is 10.3 Å². The number of amides is 1. The van der Waals surface area contributed by atoms with Gasteiger partial charge in [0, 0.05) is 25.8 Å². The Kier molecular flexibility index (Phi) is 8.09. The van der Waals surface area contributed by atoms with Gasteiger partial charge in [-0.25, -0.2) is 4.79 Å². The van der Waals surface area contributed by atoms with E-state index in [1.807, 2.05) is 20.8 Å². The van der Waals surface area contributed by atoms with Gasteiger partial charge in [-0.3, -0.25) is 4.98 Å². The first-order chi connectivity index (χ1) is 8.56. The van der Waals surface area contributed by atoms with E-state index in [9.17, 15) is 4.79 Å². The molecule has 6 nitrogen and oxygen atoms in total. The molecule has 6 heteroatoms. The predicted octanol–water partition coefficient (Wildman–Crippen LogP) is 2.23. The highest BCUT2D eigenvalue weighted by Gasteiger charge is 2.03. The number of hydrogen-bond donors (Lipinski definition) is 3. The summed E-state index contributed by atoms with van der Waals surface area (Å²) in [5, 5.41) is 20.4. The van der Waals surface area contributed by atoms with Crippen LogP contribution in [0.2, 0.25) is 0 Å². The van der Waals surface area contributed by atoms with Gasteiger partial charge in [-0.15, -0.1) is 0 Å². The van der Waals surface area contributed by atoms with Crippen LogP contribution >= 0.6 is 0 Å². The highest BCUT2D eigenvalue weighted by atomic mass is 16.4. The Morgan fingerprint density at radius 3 is 2.33 bits per heavy atom. The number of pyridine rings is 1. The molecule has 0 saturated carbocycles. The summed E-state index contributed by atoms with van der Waals surface area (Å²) in [5.41, 5.74) is 0.734. The Morgan fingerprint density at radius 1 is 1.39 bits per heavy atom. The highest BCUT2D eigenvalue weighted by molar-refractivity contribution is 5.64. The molecule has 0 unspecified atom stereocenters. The van der Waals surface area contributed by atoms with Crippen molar-refractivity contribution in [3.05, 3.63) is 18.5 Å². The number of nitrogens with one attached hydrogen (secondary N) is 1. The van der Waals surface area contributed by atoms with Crippen molar-refractivity contribution in [3.8, 4) is 5.75 Å². The molecule has 0 radical (unpaired) electrons. The molecule has 0 bridgehead atoms. The zero-order chi connectivity index (χ0) is 14.0. The molecule has 1 aromatic heterocycles. The van der Waals surface area contributed by atoms with Gasteiger partial charge in [-0.05, 0) is 26.8 Å². The number of carbonyl (C=O) groups is 1. The summed E-state index contributed by atoms with van der Waals surface area (Å²) in [6.45, 7) is 7.56. The number of hydrogen-bond acceptors (Lipinski definition) is 4. The average molecular weight is 255 g/mol. The average Bonchev–Trinajstić information content (AvgIpc) is 2.34. The number of aromatic hydroxyl groups is 1. The molecule has 1 aromatic rings. The molecule has 0 aliphatic rings. The smallest absolute Gasteiger partial charge is 0.407 e. The third kappa shape index (κ3) is 5.93. The van der Waals surface area contributed by atoms with E-state index in [1.54, 1.807) is 12.3 Å². The van der Waals surface area contributed by atoms with Gasteiger partial charge in [0.2, 0.25) is 0 Å². The van der Waals surface area contributed by atoms with E-state index in [1.165, 1.54) is 11.1 Å². The summed E-state index contributed by atoms with van der Waals surface area (Å²) in [7, 11) is 0. The summed E-state index contributed by atoms with van der Waals surface area (Å²) in [6, 6.07) is 1.73. The van der Waals surface area contributed by atoms with Gasteiger partial charge in [-0.2, -0.15) is 0 Å². The normalized spacial score (nSPS) is 9.06. The molecule has 0 aliphatic carbocycles. The second-order valence-corrected chi connectivity index (χ2v) is 3.38. The summed E-state index contributed by atoms with van der Waals surface area (Å²) in [6.07, 6.45) is 2.21. The van der Waals surface area contributed by atoms with E-state index in [4.69, 9.17) is 10.2 Å².